The quantitative estimate of drug-likeness (QED) is 0.489. The van der Waals surface area contributed by atoms with Crippen LogP contribution >= 0.6 is 35.0 Å². The van der Waals surface area contributed by atoms with Crippen molar-refractivity contribution in [1.29, 1.82) is 0 Å². The standard InChI is InChI=1S/C20H19Cl2NO3S/c1-13(20(24)25-2)16-6-7-17(19(22)18(16)21)27-15-5-3-4-14(12-15)23-8-10-26-11-9-23/h3-7,12H,1,8-11H2,2H3. The van der Waals surface area contributed by atoms with Crippen molar-refractivity contribution >= 4 is 52.2 Å². The molecule has 0 saturated carbocycles. The van der Waals surface area contributed by atoms with Gasteiger partial charge >= 0.3 is 5.97 Å². The van der Waals surface area contributed by atoms with E-state index < -0.39 is 5.97 Å². The highest BCUT2D eigenvalue weighted by molar-refractivity contribution is 7.99. The number of rotatable bonds is 5. The molecular weight excluding hydrogens is 405 g/mol. The van der Waals surface area contributed by atoms with Crippen LogP contribution < -0.4 is 4.90 Å². The molecule has 4 nitrogen and oxygen atoms in total. The maximum Gasteiger partial charge on any atom is 0.337 e. The van der Waals surface area contributed by atoms with Gasteiger partial charge in [0.1, 0.15) is 0 Å². The van der Waals surface area contributed by atoms with Crippen molar-refractivity contribution in [1.82, 2.24) is 0 Å². The van der Waals surface area contributed by atoms with Crippen molar-refractivity contribution in [3.63, 3.8) is 0 Å². The van der Waals surface area contributed by atoms with E-state index in [1.165, 1.54) is 18.9 Å². The second kappa shape index (κ2) is 9.02. The van der Waals surface area contributed by atoms with E-state index >= 15 is 0 Å². The summed E-state index contributed by atoms with van der Waals surface area (Å²) in [5.74, 6) is -0.536. The molecule has 0 amide bonds. The lowest BCUT2D eigenvalue weighted by molar-refractivity contribution is -0.133. The molecule has 0 spiro atoms. The van der Waals surface area contributed by atoms with Crippen LogP contribution in [0.15, 0.2) is 52.8 Å². The highest BCUT2D eigenvalue weighted by Gasteiger charge is 2.18. The molecule has 2 aromatic carbocycles. The summed E-state index contributed by atoms with van der Waals surface area (Å²) < 4.78 is 10.1. The lowest BCUT2D eigenvalue weighted by atomic mass is 10.1. The molecule has 2 aromatic rings. The minimum atomic E-state index is -0.536. The smallest absolute Gasteiger partial charge is 0.337 e. The average molecular weight is 424 g/mol. The summed E-state index contributed by atoms with van der Waals surface area (Å²) in [4.78, 5) is 15.9. The van der Waals surface area contributed by atoms with Crippen LogP contribution in [-0.4, -0.2) is 39.4 Å². The number of ether oxygens (including phenoxy) is 2. The van der Waals surface area contributed by atoms with Crippen LogP contribution in [-0.2, 0) is 14.3 Å². The fourth-order valence-electron chi connectivity index (χ4n) is 2.77. The minimum absolute atomic E-state index is 0.176. The van der Waals surface area contributed by atoms with Gasteiger partial charge < -0.3 is 14.4 Å². The Morgan fingerprint density at radius 3 is 2.63 bits per heavy atom. The first-order valence-electron chi connectivity index (χ1n) is 8.37. The first-order chi connectivity index (χ1) is 13.0. The summed E-state index contributed by atoms with van der Waals surface area (Å²) in [6.45, 7) is 6.98. The zero-order valence-electron chi connectivity index (χ0n) is 14.8. The first kappa shape index (κ1) is 20.1. The van der Waals surface area contributed by atoms with E-state index in [4.69, 9.17) is 32.7 Å². The maximum atomic E-state index is 11.7. The molecule has 3 rings (SSSR count). The van der Waals surface area contributed by atoms with E-state index in [1.54, 1.807) is 6.07 Å². The van der Waals surface area contributed by atoms with Gasteiger partial charge in [0.05, 0.1) is 35.9 Å². The van der Waals surface area contributed by atoms with Gasteiger partial charge in [-0.15, -0.1) is 0 Å². The van der Waals surface area contributed by atoms with Crippen LogP contribution in [0, 0.1) is 0 Å². The van der Waals surface area contributed by atoms with Crippen LogP contribution in [0.1, 0.15) is 5.56 Å². The van der Waals surface area contributed by atoms with Crippen LogP contribution in [0.2, 0.25) is 10.0 Å². The van der Waals surface area contributed by atoms with Crippen LogP contribution in [0.3, 0.4) is 0 Å². The predicted molar refractivity (Wildman–Crippen MR) is 111 cm³/mol. The van der Waals surface area contributed by atoms with Gasteiger partial charge in [0.25, 0.3) is 0 Å². The Morgan fingerprint density at radius 1 is 1.19 bits per heavy atom. The third-order valence-electron chi connectivity index (χ3n) is 4.23. The van der Waals surface area contributed by atoms with Crippen molar-refractivity contribution in [2.75, 3.05) is 38.3 Å². The molecule has 0 bridgehead atoms. The highest BCUT2D eigenvalue weighted by atomic mass is 35.5. The van der Waals surface area contributed by atoms with Gasteiger partial charge in [0.2, 0.25) is 0 Å². The molecule has 1 heterocycles. The lowest BCUT2D eigenvalue weighted by Gasteiger charge is -2.29. The molecule has 0 atom stereocenters. The number of esters is 1. The zero-order valence-corrected chi connectivity index (χ0v) is 17.2. The van der Waals surface area contributed by atoms with E-state index in [2.05, 4.69) is 23.6 Å². The molecule has 142 valence electrons. The largest absolute Gasteiger partial charge is 0.465 e. The van der Waals surface area contributed by atoms with Crippen molar-refractivity contribution in [3.05, 3.63) is 58.6 Å². The van der Waals surface area contributed by atoms with E-state index in [0.29, 0.717) is 15.6 Å². The van der Waals surface area contributed by atoms with Gasteiger partial charge in [-0.2, -0.15) is 0 Å². The Balaban J connectivity index is 1.83. The van der Waals surface area contributed by atoms with E-state index in [9.17, 15) is 4.79 Å². The number of nitrogens with zero attached hydrogens (tertiary/aromatic N) is 1. The van der Waals surface area contributed by atoms with Gasteiger partial charge in [-0.1, -0.05) is 53.7 Å². The molecule has 27 heavy (non-hydrogen) atoms. The molecule has 7 heteroatoms. The summed E-state index contributed by atoms with van der Waals surface area (Å²) in [5.41, 5.74) is 1.80. The van der Waals surface area contributed by atoms with Crippen molar-refractivity contribution in [2.24, 2.45) is 0 Å². The van der Waals surface area contributed by atoms with Crippen LogP contribution in [0.4, 0.5) is 5.69 Å². The summed E-state index contributed by atoms with van der Waals surface area (Å²) in [7, 11) is 1.30. The number of morpholine rings is 1. The summed E-state index contributed by atoms with van der Waals surface area (Å²) in [6, 6.07) is 11.8. The van der Waals surface area contributed by atoms with Crippen molar-refractivity contribution in [2.45, 2.75) is 9.79 Å². The molecule has 0 radical (unpaired) electrons. The molecule has 1 saturated heterocycles. The molecular formula is C20H19Cl2NO3S. The van der Waals surface area contributed by atoms with Gasteiger partial charge in [0, 0.05) is 34.1 Å². The Labute approximate surface area is 173 Å². The number of methoxy groups -OCH3 is 1. The monoisotopic (exact) mass is 423 g/mol. The topological polar surface area (TPSA) is 38.8 Å². The molecule has 1 aliphatic heterocycles. The SMILES string of the molecule is C=C(C(=O)OC)c1ccc(Sc2cccc(N3CCOCC3)c2)c(Cl)c1Cl. The Bertz CT molecular complexity index is 866. The highest BCUT2D eigenvalue weighted by Crippen LogP contribution is 2.41. The van der Waals surface area contributed by atoms with Gasteiger partial charge in [-0.3, -0.25) is 0 Å². The zero-order chi connectivity index (χ0) is 19.4. The second-order valence-corrected chi connectivity index (χ2v) is 7.78. The number of carbonyl (C=O) groups excluding carboxylic acids is 1. The van der Waals surface area contributed by atoms with Crippen LogP contribution in [0.25, 0.3) is 5.57 Å². The number of hydrogen-bond acceptors (Lipinski definition) is 5. The Hall–Kier alpha value is -1.66. The van der Waals surface area contributed by atoms with Gasteiger partial charge in [-0.05, 0) is 24.3 Å². The maximum absolute atomic E-state index is 11.7. The fraction of sp³-hybridized carbons (Fsp3) is 0.250. The first-order valence-corrected chi connectivity index (χ1v) is 9.94. The van der Waals surface area contributed by atoms with Crippen molar-refractivity contribution < 1.29 is 14.3 Å². The van der Waals surface area contributed by atoms with E-state index in [0.717, 1.165) is 41.8 Å². The van der Waals surface area contributed by atoms with E-state index in [1.807, 2.05) is 18.2 Å². The molecule has 0 N–H and O–H groups in total. The number of carbonyl (C=O) groups is 1. The molecule has 0 aliphatic carbocycles. The minimum Gasteiger partial charge on any atom is -0.465 e. The fourth-order valence-corrected chi connectivity index (χ4v) is 4.29. The molecule has 1 fully saturated rings. The average Bonchev–Trinajstić information content (AvgIpc) is 2.71. The Kier molecular flexibility index (Phi) is 6.71. The van der Waals surface area contributed by atoms with Crippen LogP contribution in [0.5, 0.6) is 0 Å². The summed E-state index contributed by atoms with van der Waals surface area (Å²) in [6.07, 6.45) is 0. The number of hydrogen-bond donors (Lipinski definition) is 0. The third-order valence-corrected chi connectivity index (χ3v) is 6.27. The third kappa shape index (κ3) is 4.61. The Morgan fingerprint density at radius 2 is 1.93 bits per heavy atom. The summed E-state index contributed by atoms with van der Waals surface area (Å²) >= 11 is 14.4. The second-order valence-electron chi connectivity index (χ2n) is 5.91. The van der Waals surface area contributed by atoms with Gasteiger partial charge in [0.15, 0.2) is 0 Å². The lowest BCUT2D eigenvalue weighted by Crippen LogP contribution is -2.36. The molecule has 0 aromatic heterocycles. The summed E-state index contributed by atoms with van der Waals surface area (Å²) in [5, 5.41) is 0.683. The number of halogens is 2. The molecule has 0 unspecified atom stereocenters. The predicted octanol–water partition coefficient (Wildman–Crippen LogP) is 5.17. The van der Waals surface area contributed by atoms with E-state index in [-0.39, 0.29) is 5.57 Å². The van der Waals surface area contributed by atoms with Crippen molar-refractivity contribution in [3.8, 4) is 0 Å². The number of benzene rings is 2. The molecule has 1 aliphatic rings. The van der Waals surface area contributed by atoms with Gasteiger partial charge in [-0.25, -0.2) is 4.79 Å². The number of anilines is 1. The normalized spacial score (nSPS) is 14.1.